The molecule has 1 amide bonds. The summed E-state index contributed by atoms with van der Waals surface area (Å²) in [5.41, 5.74) is 5.20. The van der Waals surface area contributed by atoms with E-state index >= 15 is 0 Å². The first-order valence-corrected chi connectivity index (χ1v) is 8.80. The largest absolute Gasteiger partial charge is 0.454 e. The van der Waals surface area contributed by atoms with Gasteiger partial charge < -0.3 is 25.1 Å². The first-order valence-electron chi connectivity index (χ1n) is 8.80. The van der Waals surface area contributed by atoms with Crippen LogP contribution in [0.5, 0.6) is 0 Å². The molecule has 2 saturated heterocycles. The quantitative estimate of drug-likeness (QED) is 0.578. The minimum Gasteiger partial charge on any atom is -0.454 e. The molecule has 3 heterocycles. The summed E-state index contributed by atoms with van der Waals surface area (Å²) >= 11 is 0. The van der Waals surface area contributed by atoms with Crippen molar-refractivity contribution < 1.29 is 13.9 Å². The number of rotatable bonds is 5. The van der Waals surface area contributed by atoms with E-state index in [2.05, 4.69) is 20.1 Å². The van der Waals surface area contributed by atoms with Crippen LogP contribution < -0.4 is 11.1 Å². The molecule has 1 unspecified atom stereocenters. The number of guanidine groups is 1. The Bertz CT molecular complexity index is 601. The Morgan fingerprint density at radius 3 is 2.76 bits per heavy atom. The molecule has 8 nitrogen and oxygen atoms in total. The van der Waals surface area contributed by atoms with Crippen LogP contribution in [0.15, 0.2) is 21.5 Å². The number of hydrogen-bond donors (Lipinski definition) is 2. The highest BCUT2D eigenvalue weighted by molar-refractivity contribution is 5.89. The van der Waals surface area contributed by atoms with Gasteiger partial charge in [0.25, 0.3) is 5.91 Å². The van der Waals surface area contributed by atoms with Crippen molar-refractivity contribution in [1.82, 2.24) is 15.1 Å². The number of nitrogens with zero attached hydrogens (tertiary/aromatic N) is 3. The third-order valence-corrected chi connectivity index (χ3v) is 4.75. The van der Waals surface area contributed by atoms with Gasteiger partial charge in [0.05, 0.1) is 13.2 Å². The molecule has 1 aromatic rings. The first-order chi connectivity index (χ1) is 12.2. The van der Waals surface area contributed by atoms with Gasteiger partial charge in [-0.15, -0.1) is 0 Å². The number of primary amides is 1. The number of piperazine rings is 1. The summed E-state index contributed by atoms with van der Waals surface area (Å²) in [6.45, 7) is 7.36. The van der Waals surface area contributed by atoms with Crippen molar-refractivity contribution in [2.24, 2.45) is 16.6 Å². The minimum absolute atomic E-state index is 0.177. The van der Waals surface area contributed by atoms with Crippen LogP contribution in [0.25, 0.3) is 0 Å². The summed E-state index contributed by atoms with van der Waals surface area (Å²) in [4.78, 5) is 20.2. The highest BCUT2D eigenvalue weighted by Gasteiger charge is 2.24. The molecule has 2 aliphatic heterocycles. The topological polar surface area (TPSA) is 96.3 Å². The van der Waals surface area contributed by atoms with Crippen molar-refractivity contribution in [2.45, 2.75) is 13.0 Å². The van der Waals surface area contributed by atoms with E-state index in [0.717, 1.165) is 51.9 Å². The molecule has 0 bridgehead atoms. The highest BCUT2D eigenvalue weighted by Crippen LogP contribution is 2.15. The molecule has 25 heavy (non-hydrogen) atoms. The molecular formula is C17H27N5O3. The van der Waals surface area contributed by atoms with Crippen molar-refractivity contribution in [1.29, 1.82) is 0 Å². The zero-order valence-corrected chi connectivity index (χ0v) is 14.7. The van der Waals surface area contributed by atoms with E-state index in [-0.39, 0.29) is 5.76 Å². The molecule has 0 radical (unpaired) electrons. The van der Waals surface area contributed by atoms with E-state index in [1.807, 2.05) is 0 Å². The fraction of sp³-hybridized carbons (Fsp3) is 0.647. The van der Waals surface area contributed by atoms with Crippen molar-refractivity contribution in [3.05, 3.63) is 23.7 Å². The van der Waals surface area contributed by atoms with Crippen molar-refractivity contribution in [3.8, 4) is 0 Å². The Morgan fingerprint density at radius 1 is 1.36 bits per heavy atom. The van der Waals surface area contributed by atoms with Gasteiger partial charge >= 0.3 is 0 Å². The van der Waals surface area contributed by atoms with Gasteiger partial charge in [-0.25, -0.2) is 0 Å². The maximum absolute atomic E-state index is 11.1. The summed E-state index contributed by atoms with van der Waals surface area (Å²) in [5.74, 6) is 1.81. The Balaban J connectivity index is 1.44. The molecular weight excluding hydrogens is 322 g/mol. The van der Waals surface area contributed by atoms with Gasteiger partial charge in [-0.1, -0.05) is 0 Å². The smallest absolute Gasteiger partial charge is 0.284 e. The van der Waals surface area contributed by atoms with E-state index in [9.17, 15) is 4.79 Å². The molecule has 1 aromatic heterocycles. The number of carbonyl (C=O) groups excluding carboxylic acids is 1. The lowest BCUT2D eigenvalue weighted by Crippen LogP contribution is -2.53. The van der Waals surface area contributed by atoms with Crippen LogP contribution in [0.4, 0.5) is 0 Å². The van der Waals surface area contributed by atoms with Crippen molar-refractivity contribution in [2.75, 3.05) is 53.0 Å². The maximum atomic E-state index is 11.1. The molecule has 3 rings (SSSR count). The first kappa shape index (κ1) is 17.8. The lowest BCUT2D eigenvalue weighted by Gasteiger charge is -2.37. The molecule has 0 aliphatic carbocycles. The van der Waals surface area contributed by atoms with Crippen LogP contribution >= 0.6 is 0 Å². The standard InChI is InChI=1S/C17H27N5O3/c1-19-17(20-10-14-2-3-15(25-14)16(18)23)22-7-5-21(6-8-22)11-13-4-9-24-12-13/h2-3,13H,4-12H2,1H3,(H2,18,23)(H,19,20). The molecule has 0 saturated carbocycles. The maximum Gasteiger partial charge on any atom is 0.284 e. The normalized spacial score (nSPS) is 22.4. The number of amides is 1. The second-order valence-electron chi connectivity index (χ2n) is 6.55. The molecule has 2 fully saturated rings. The summed E-state index contributed by atoms with van der Waals surface area (Å²) in [6.07, 6.45) is 1.18. The third kappa shape index (κ3) is 4.73. The second kappa shape index (κ2) is 8.35. The van der Waals surface area contributed by atoms with E-state index in [0.29, 0.717) is 18.2 Å². The highest BCUT2D eigenvalue weighted by atomic mass is 16.5. The average molecular weight is 349 g/mol. The lowest BCUT2D eigenvalue weighted by molar-refractivity contribution is 0.0972. The van der Waals surface area contributed by atoms with E-state index in [4.69, 9.17) is 14.9 Å². The third-order valence-electron chi connectivity index (χ3n) is 4.75. The molecule has 8 heteroatoms. The average Bonchev–Trinajstić information content (AvgIpc) is 3.28. The minimum atomic E-state index is -0.556. The summed E-state index contributed by atoms with van der Waals surface area (Å²) in [7, 11) is 1.78. The second-order valence-corrected chi connectivity index (χ2v) is 6.55. The van der Waals surface area contributed by atoms with E-state index in [1.54, 1.807) is 19.2 Å². The molecule has 0 spiro atoms. The van der Waals surface area contributed by atoms with Crippen LogP contribution in [-0.2, 0) is 11.3 Å². The lowest BCUT2D eigenvalue weighted by atomic mass is 10.1. The van der Waals surface area contributed by atoms with Crippen LogP contribution in [0.3, 0.4) is 0 Å². The Labute approximate surface area is 148 Å². The van der Waals surface area contributed by atoms with Crippen LogP contribution in [0.2, 0.25) is 0 Å². The SMILES string of the molecule is CN=C(NCc1ccc(C(N)=O)o1)N1CCN(CC2CCOC2)CC1. The number of hydrogen-bond acceptors (Lipinski definition) is 5. The van der Waals surface area contributed by atoms with Gasteiger partial charge in [-0.05, 0) is 24.5 Å². The van der Waals surface area contributed by atoms with Gasteiger partial charge in [0.1, 0.15) is 5.76 Å². The number of nitrogens with one attached hydrogen (secondary N) is 1. The van der Waals surface area contributed by atoms with Crippen molar-refractivity contribution in [3.63, 3.8) is 0 Å². The Morgan fingerprint density at radius 2 is 2.16 bits per heavy atom. The Hall–Kier alpha value is -2.06. The molecule has 138 valence electrons. The van der Waals surface area contributed by atoms with Crippen LogP contribution in [0.1, 0.15) is 22.7 Å². The molecule has 2 aliphatic rings. The number of nitrogens with two attached hydrogens (primary N) is 1. The fourth-order valence-electron chi connectivity index (χ4n) is 3.34. The zero-order chi connectivity index (χ0) is 17.6. The molecule has 0 aromatic carbocycles. The Kier molecular flexibility index (Phi) is 5.93. The van der Waals surface area contributed by atoms with Gasteiger partial charge in [-0.3, -0.25) is 14.7 Å². The number of carbonyl (C=O) groups is 1. The van der Waals surface area contributed by atoms with Gasteiger partial charge in [0.2, 0.25) is 0 Å². The number of furan rings is 1. The van der Waals surface area contributed by atoms with Crippen molar-refractivity contribution >= 4 is 11.9 Å². The molecule has 1 atom stereocenters. The van der Waals surface area contributed by atoms with Gasteiger partial charge in [0, 0.05) is 46.4 Å². The summed E-state index contributed by atoms with van der Waals surface area (Å²) in [6, 6.07) is 3.34. The van der Waals surface area contributed by atoms with E-state index < -0.39 is 5.91 Å². The van der Waals surface area contributed by atoms with Crippen LogP contribution in [-0.4, -0.2) is 74.7 Å². The molecule has 3 N–H and O–H groups in total. The number of aliphatic imine (C=N–C) groups is 1. The fourth-order valence-corrected chi connectivity index (χ4v) is 3.34. The monoisotopic (exact) mass is 349 g/mol. The predicted molar refractivity (Wildman–Crippen MR) is 94.4 cm³/mol. The van der Waals surface area contributed by atoms with Crippen LogP contribution in [0, 0.1) is 5.92 Å². The van der Waals surface area contributed by atoms with Gasteiger partial charge in [-0.2, -0.15) is 0 Å². The van der Waals surface area contributed by atoms with Gasteiger partial charge in [0.15, 0.2) is 11.7 Å². The predicted octanol–water partition coefficient (Wildman–Crippen LogP) is 0.108. The number of ether oxygens (including phenoxy) is 1. The summed E-state index contributed by atoms with van der Waals surface area (Å²) in [5, 5.41) is 3.29. The summed E-state index contributed by atoms with van der Waals surface area (Å²) < 4.78 is 10.8. The van der Waals surface area contributed by atoms with E-state index in [1.165, 1.54) is 6.42 Å². The zero-order valence-electron chi connectivity index (χ0n) is 14.7.